The molecule has 2 rings (SSSR count). The molecule has 1 saturated heterocycles. The molecular weight excluding hydrogens is 160 g/mol. The van der Waals surface area contributed by atoms with E-state index in [4.69, 9.17) is 0 Å². The van der Waals surface area contributed by atoms with Crippen molar-refractivity contribution in [3.63, 3.8) is 0 Å². The molecule has 1 saturated carbocycles. The quantitative estimate of drug-likeness (QED) is 0.660. The van der Waals surface area contributed by atoms with Crippen LogP contribution in [0.25, 0.3) is 0 Å². The Morgan fingerprint density at radius 3 is 2.85 bits per heavy atom. The van der Waals surface area contributed by atoms with Crippen LogP contribution < -0.4 is 5.32 Å². The van der Waals surface area contributed by atoms with Crippen LogP contribution in [-0.4, -0.2) is 38.1 Å². The van der Waals surface area contributed by atoms with Crippen molar-refractivity contribution in [3.05, 3.63) is 0 Å². The summed E-state index contributed by atoms with van der Waals surface area (Å²) in [7, 11) is 4.38. The summed E-state index contributed by atoms with van der Waals surface area (Å²) in [6.07, 6.45) is 7.13. The third kappa shape index (κ3) is 1.89. The lowest BCUT2D eigenvalue weighted by molar-refractivity contribution is 0.165. The van der Waals surface area contributed by atoms with Gasteiger partial charge in [-0.15, -0.1) is 0 Å². The molecule has 1 heterocycles. The Morgan fingerprint density at radius 2 is 2.23 bits per heavy atom. The van der Waals surface area contributed by atoms with Gasteiger partial charge in [-0.2, -0.15) is 0 Å². The predicted octanol–water partition coefficient (Wildman–Crippen LogP) is 1.47. The van der Waals surface area contributed by atoms with E-state index in [-0.39, 0.29) is 0 Å². The van der Waals surface area contributed by atoms with Gasteiger partial charge in [-0.05, 0) is 51.7 Å². The fourth-order valence-corrected chi connectivity index (χ4v) is 3.23. The van der Waals surface area contributed by atoms with Crippen molar-refractivity contribution in [2.45, 2.75) is 38.1 Å². The largest absolute Gasteiger partial charge is 0.317 e. The molecule has 2 nitrogen and oxygen atoms in total. The molecule has 0 bridgehead atoms. The number of hydrogen-bond acceptors (Lipinski definition) is 2. The standard InChI is InChI=1S/C11H22N2/c1-12-10-4-3-5-11(8-10)6-7-13(2)9-11/h10,12H,3-9H2,1-2H3. The molecule has 0 aromatic rings. The summed E-state index contributed by atoms with van der Waals surface area (Å²) >= 11 is 0. The Morgan fingerprint density at radius 1 is 1.38 bits per heavy atom. The van der Waals surface area contributed by atoms with Crippen LogP contribution in [-0.2, 0) is 0 Å². The first kappa shape index (κ1) is 9.47. The summed E-state index contributed by atoms with van der Waals surface area (Å²) in [6.45, 7) is 2.65. The molecule has 1 N–H and O–H groups in total. The Labute approximate surface area is 81.7 Å². The van der Waals surface area contributed by atoms with Gasteiger partial charge < -0.3 is 10.2 Å². The average molecular weight is 182 g/mol. The Hall–Kier alpha value is -0.0800. The zero-order chi connectivity index (χ0) is 9.31. The minimum Gasteiger partial charge on any atom is -0.317 e. The molecule has 1 spiro atoms. The number of likely N-dealkylation sites (tertiary alicyclic amines) is 1. The minimum atomic E-state index is 0.681. The third-order valence-electron chi connectivity index (χ3n) is 3.98. The van der Waals surface area contributed by atoms with Gasteiger partial charge in [-0.25, -0.2) is 0 Å². The first-order chi connectivity index (χ1) is 6.24. The van der Waals surface area contributed by atoms with Gasteiger partial charge in [0.05, 0.1) is 0 Å². The highest BCUT2D eigenvalue weighted by molar-refractivity contribution is 4.94. The second-order valence-corrected chi connectivity index (χ2v) is 5.07. The van der Waals surface area contributed by atoms with Crippen LogP contribution >= 0.6 is 0 Å². The highest BCUT2D eigenvalue weighted by atomic mass is 15.1. The minimum absolute atomic E-state index is 0.681. The van der Waals surface area contributed by atoms with Gasteiger partial charge in [-0.1, -0.05) is 6.42 Å². The maximum absolute atomic E-state index is 3.45. The Kier molecular flexibility index (Phi) is 2.61. The summed E-state index contributed by atoms with van der Waals surface area (Å²) in [4.78, 5) is 2.50. The van der Waals surface area contributed by atoms with Crippen LogP contribution in [0.4, 0.5) is 0 Å². The van der Waals surface area contributed by atoms with E-state index in [1.54, 1.807) is 0 Å². The molecule has 2 aliphatic rings. The molecule has 2 heteroatoms. The van der Waals surface area contributed by atoms with Gasteiger partial charge in [0.25, 0.3) is 0 Å². The van der Waals surface area contributed by atoms with Gasteiger partial charge in [0, 0.05) is 12.6 Å². The fraction of sp³-hybridized carbons (Fsp3) is 1.00. The highest BCUT2D eigenvalue weighted by Gasteiger charge is 2.40. The Balaban J connectivity index is 1.98. The summed E-state index contributed by atoms with van der Waals surface area (Å²) in [5.41, 5.74) is 0.681. The summed E-state index contributed by atoms with van der Waals surface area (Å²) in [5, 5.41) is 3.45. The van der Waals surface area contributed by atoms with E-state index in [0.29, 0.717) is 5.41 Å². The molecule has 0 aromatic heterocycles. The van der Waals surface area contributed by atoms with Crippen molar-refractivity contribution in [1.82, 2.24) is 10.2 Å². The number of nitrogens with zero attached hydrogens (tertiary/aromatic N) is 1. The first-order valence-corrected chi connectivity index (χ1v) is 5.60. The van der Waals surface area contributed by atoms with E-state index in [0.717, 1.165) is 6.04 Å². The van der Waals surface area contributed by atoms with E-state index in [1.165, 1.54) is 45.2 Å². The van der Waals surface area contributed by atoms with Crippen LogP contribution in [0.3, 0.4) is 0 Å². The van der Waals surface area contributed by atoms with Crippen LogP contribution in [0.2, 0.25) is 0 Å². The van der Waals surface area contributed by atoms with E-state index >= 15 is 0 Å². The van der Waals surface area contributed by atoms with Gasteiger partial charge >= 0.3 is 0 Å². The van der Waals surface area contributed by atoms with E-state index in [2.05, 4.69) is 24.3 Å². The van der Waals surface area contributed by atoms with Crippen LogP contribution in [0.15, 0.2) is 0 Å². The van der Waals surface area contributed by atoms with Gasteiger partial charge in [0.15, 0.2) is 0 Å². The zero-order valence-electron chi connectivity index (χ0n) is 8.97. The predicted molar refractivity (Wildman–Crippen MR) is 55.9 cm³/mol. The smallest absolute Gasteiger partial charge is 0.00698 e. The van der Waals surface area contributed by atoms with E-state index < -0.39 is 0 Å². The average Bonchev–Trinajstić information content (AvgIpc) is 2.47. The molecule has 13 heavy (non-hydrogen) atoms. The second kappa shape index (κ2) is 3.58. The first-order valence-electron chi connectivity index (χ1n) is 5.60. The summed E-state index contributed by atoms with van der Waals surface area (Å²) < 4.78 is 0. The topological polar surface area (TPSA) is 15.3 Å². The number of hydrogen-bond donors (Lipinski definition) is 1. The monoisotopic (exact) mass is 182 g/mol. The molecule has 76 valence electrons. The molecule has 0 amide bonds. The van der Waals surface area contributed by atoms with Gasteiger partial charge in [-0.3, -0.25) is 0 Å². The molecule has 0 aromatic carbocycles. The van der Waals surface area contributed by atoms with E-state index in [1.807, 2.05) is 0 Å². The van der Waals surface area contributed by atoms with Crippen molar-refractivity contribution < 1.29 is 0 Å². The molecule has 1 aliphatic heterocycles. The maximum Gasteiger partial charge on any atom is 0.00698 e. The molecule has 2 atom stereocenters. The zero-order valence-corrected chi connectivity index (χ0v) is 8.97. The van der Waals surface area contributed by atoms with Crippen LogP contribution in [0, 0.1) is 5.41 Å². The summed E-state index contributed by atoms with van der Waals surface area (Å²) in [6, 6.07) is 0.792. The molecule has 0 radical (unpaired) electrons. The van der Waals surface area contributed by atoms with Crippen molar-refractivity contribution in [2.75, 3.05) is 27.2 Å². The lowest BCUT2D eigenvalue weighted by atomic mass is 9.71. The normalized spacial score (nSPS) is 41.5. The molecule has 2 unspecified atom stereocenters. The lowest BCUT2D eigenvalue weighted by Crippen LogP contribution is -2.39. The van der Waals surface area contributed by atoms with Gasteiger partial charge in [0.1, 0.15) is 0 Å². The van der Waals surface area contributed by atoms with E-state index in [9.17, 15) is 0 Å². The lowest BCUT2D eigenvalue weighted by Gasteiger charge is -2.37. The highest BCUT2D eigenvalue weighted by Crippen LogP contribution is 2.43. The summed E-state index contributed by atoms with van der Waals surface area (Å²) in [5.74, 6) is 0. The molecule has 1 aliphatic carbocycles. The van der Waals surface area contributed by atoms with Crippen LogP contribution in [0.1, 0.15) is 32.1 Å². The molecule has 2 fully saturated rings. The number of nitrogens with one attached hydrogen (secondary N) is 1. The van der Waals surface area contributed by atoms with Crippen molar-refractivity contribution >= 4 is 0 Å². The maximum atomic E-state index is 3.45. The van der Waals surface area contributed by atoms with Crippen molar-refractivity contribution in [1.29, 1.82) is 0 Å². The second-order valence-electron chi connectivity index (χ2n) is 5.07. The Bertz CT molecular complexity index is 177. The van der Waals surface area contributed by atoms with Crippen molar-refractivity contribution in [2.24, 2.45) is 5.41 Å². The molecular formula is C11H22N2. The third-order valence-corrected chi connectivity index (χ3v) is 3.98. The van der Waals surface area contributed by atoms with Crippen LogP contribution in [0.5, 0.6) is 0 Å². The SMILES string of the molecule is CNC1CCCC2(CCN(C)C2)C1. The van der Waals surface area contributed by atoms with Gasteiger partial charge in [0.2, 0.25) is 0 Å². The number of rotatable bonds is 1. The fourth-order valence-electron chi connectivity index (χ4n) is 3.23. The van der Waals surface area contributed by atoms with Crippen molar-refractivity contribution in [3.8, 4) is 0 Å².